The van der Waals surface area contributed by atoms with Crippen molar-refractivity contribution >= 4 is 29.1 Å². The number of carbonyl (C=O) groups excluding carboxylic acids is 2. The van der Waals surface area contributed by atoms with E-state index in [0.29, 0.717) is 4.88 Å². The lowest BCUT2D eigenvalue weighted by Crippen LogP contribution is -2.37. The Bertz CT molecular complexity index is 695. The van der Waals surface area contributed by atoms with Crippen LogP contribution in [0.1, 0.15) is 25.6 Å². The second kappa shape index (κ2) is 7.55. The van der Waals surface area contributed by atoms with Gasteiger partial charge in [0.05, 0.1) is 17.0 Å². The number of nitrogens with zero attached hydrogens (tertiary/aromatic N) is 1. The molecule has 0 radical (unpaired) electrons. The third-order valence-corrected chi connectivity index (χ3v) is 4.01. The van der Waals surface area contributed by atoms with Gasteiger partial charge < -0.3 is 15.3 Å². The molecule has 0 aliphatic carbocycles. The first-order valence-corrected chi connectivity index (χ1v) is 7.73. The summed E-state index contributed by atoms with van der Waals surface area (Å²) in [5.41, 5.74) is 0.983. The van der Waals surface area contributed by atoms with Crippen molar-refractivity contribution in [2.45, 2.75) is 6.54 Å². The van der Waals surface area contributed by atoms with Crippen LogP contribution >= 0.6 is 11.3 Å². The van der Waals surface area contributed by atoms with Gasteiger partial charge in [0.25, 0.3) is 5.91 Å². The maximum Gasteiger partial charge on any atom is 0.335 e. The van der Waals surface area contributed by atoms with E-state index in [1.54, 1.807) is 31.3 Å². The molecule has 0 fully saturated rings. The average molecular weight is 332 g/mol. The second-order valence-corrected chi connectivity index (χ2v) is 5.87. The van der Waals surface area contributed by atoms with E-state index >= 15 is 0 Å². The summed E-state index contributed by atoms with van der Waals surface area (Å²) in [6, 6.07) is 9.75. The van der Waals surface area contributed by atoms with Crippen LogP contribution in [0, 0.1) is 0 Å². The van der Waals surface area contributed by atoms with Gasteiger partial charge in [0.1, 0.15) is 0 Å². The van der Waals surface area contributed by atoms with Gasteiger partial charge in [-0.1, -0.05) is 18.2 Å². The van der Waals surface area contributed by atoms with E-state index in [1.165, 1.54) is 28.4 Å². The van der Waals surface area contributed by atoms with E-state index in [1.807, 2.05) is 5.38 Å². The van der Waals surface area contributed by atoms with Gasteiger partial charge in [-0.3, -0.25) is 9.59 Å². The van der Waals surface area contributed by atoms with Gasteiger partial charge in [0.15, 0.2) is 0 Å². The van der Waals surface area contributed by atoms with E-state index in [0.717, 1.165) is 5.56 Å². The first-order chi connectivity index (χ1) is 11.0. The van der Waals surface area contributed by atoms with E-state index in [4.69, 9.17) is 5.11 Å². The van der Waals surface area contributed by atoms with Crippen LogP contribution in [0.3, 0.4) is 0 Å². The first kappa shape index (κ1) is 16.7. The highest BCUT2D eigenvalue weighted by Gasteiger charge is 2.15. The molecule has 7 heteroatoms. The number of carboxylic acid groups (broad SMARTS) is 1. The molecule has 0 atom stereocenters. The summed E-state index contributed by atoms with van der Waals surface area (Å²) >= 11 is 1.33. The topological polar surface area (TPSA) is 86.7 Å². The molecule has 2 amide bonds. The number of aromatic carboxylic acids is 1. The molecule has 0 aliphatic rings. The Balaban J connectivity index is 1.82. The molecule has 0 spiro atoms. The van der Waals surface area contributed by atoms with Gasteiger partial charge in [0.2, 0.25) is 5.91 Å². The molecule has 23 heavy (non-hydrogen) atoms. The molecule has 120 valence electrons. The van der Waals surface area contributed by atoms with Crippen LogP contribution in [0.4, 0.5) is 0 Å². The summed E-state index contributed by atoms with van der Waals surface area (Å²) in [6.07, 6.45) is 0. The molecule has 0 saturated heterocycles. The van der Waals surface area contributed by atoms with Gasteiger partial charge in [-0.2, -0.15) is 0 Å². The van der Waals surface area contributed by atoms with Crippen LogP contribution in [0.15, 0.2) is 41.8 Å². The monoisotopic (exact) mass is 332 g/mol. The zero-order chi connectivity index (χ0) is 16.8. The molecule has 6 nitrogen and oxygen atoms in total. The molecule has 1 heterocycles. The maximum atomic E-state index is 12.0. The van der Waals surface area contributed by atoms with Crippen LogP contribution in [0.5, 0.6) is 0 Å². The number of benzene rings is 1. The van der Waals surface area contributed by atoms with E-state index in [9.17, 15) is 14.4 Å². The number of hydrogen-bond acceptors (Lipinski definition) is 4. The van der Waals surface area contributed by atoms with Gasteiger partial charge in [-0.25, -0.2) is 4.79 Å². The molecule has 1 aromatic heterocycles. The molecule has 0 unspecified atom stereocenters. The Morgan fingerprint density at radius 3 is 2.43 bits per heavy atom. The minimum atomic E-state index is -0.991. The molecule has 2 aromatic rings. The van der Waals surface area contributed by atoms with E-state index < -0.39 is 5.97 Å². The predicted molar refractivity (Wildman–Crippen MR) is 86.5 cm³/mol. The van der Waals surface area contributed by atoms with Crippen molar-refractivity contribution in [1.29, 1.82) is 0 Å². The SMILES string of the molecule is CN(CC(=O)NCc1ccc(C(=O)O)cc1)C(=O)c1cccs1. The minimum absolute atomic E-state index is 0.0378. The summed E-state index contributed by atoms with van der Waals surface area (Å²) in [6.45, 7) is 0.240. The number of amides is 2. The normalized spacial score (nSPS) is 10.1. The summed E-state index contributed by atoms with van der Waals surface area (Å²) in [7, 11) is 1.57. The van der Waals surface area contributed by atoms with Crippen molar-refractivity contribution in [3.63, 3.8) is 0 Å². The third kappa shape index (κ3) is 4.65. The van der Waals surface area contributed by atoms with Gasteiger partial charge in [0, 0.05) is 13.6 Å². The zero-order valence-corrected chi connectivity index (χ0v) is 13.3. The summed E-state index contributed by atoms with van der Waals surface area (Å²) in [5.74, 6) is -1.46. The number of nitrogens with one attached hydrogen (secondary N) is 1. The largest absolute Gasteiger partial charge is 0.478 e. The average Bonchev–Trinajstić information content (AvgIpc) is 3.06. The fourth-order valence-electron chi connectivity index (χ4n) is 1.90. The number of carbonyl (C=O) groups is 3. The molecule has 1 aromatic carbocycles. The van der Waals surface area contributed by atoms with Crippen LogP contribution in [-0.4, -0.2) is 41.4 Å². The van der Waals surface area contributed by atoms with Gasteiger partial charge in [-0.05, 0) is 29.1 Å². The van der Waals surface area contributed by atoms with Gasteiger partial charge >= 0.3 is 5.97 Å². The van der Waals surface area contributed by atoms with Crippen LogP contribution < -0.4 is 5.32 Å². The Labute approximate surface area is 137 Å². The van der Waals surface area contributed by atoms with Crippen molar-refractivity contribution in [3.05, 3.63) is 57.8 Å². The standard InChI is InChI=1S/C16H16N2O4S/c1-18(15(20)13-3-2-8-23-13)10-14(19)17-9-11-4-6-12(7-5-11)16(21)22/h2-8H,9-10H2,1H3,(H,17,19)(H,21,22). The number of hydrogen-bond donors (Lipinski definition) is 2. The van der Waals surface area contributed by atoms with E-state index in [-0.39, 0.29) is 30.5 Å². The fraction of sp³-hybridized carbons (Fsp3) is 0.188. The van der Waals surface area contributed by atoms with Crippen molar-refractivity contribution in [1.82, 2.24) is 10.2 Å². The Morgan fingerprint density at radius 1 is 1.17 bits per heavy atom. The lowest BCUT2D eigenvalue weighted by atomic mass is 10.1. The smallest absolute Gasteiger partial charge is 0.335 e. The molecule has 2 N–H and O–H groups in total. The van der Waals surface area contributed by atoms with Crippen LogP contribution in [0.25, 0.3) is 0 Å². The van der Waals surface area contributed by atoms with Crippen molar-refractivity contribution in [2.75, 3.05) is 13.6 Å². The summed E-state index contributed by atoms with van der Waals surface area (Å²) in [5, 5.41) is 13.3. The number of carboxylic acids is 1. The minimum Gasteiger partial charge on any atom is -0.478 e. The maximum absolute atomic E-state index is 12.0. The summed E-state index contributed by atoms with van der Waals surface area (Å²) < 4.78 is 0. The summed E-state index contributed by atoms with van der Waals surface area (Å²) in [4.78, 5) is 36.6. The number of thiophene rings is 1. The molecule has 0 bridgehead atoms. The van der Waals surface area contributed by atoms with Crippen molar-refractivity contribution < 1.29 is 19.5 Å². The third-order valence-electron chi connectivity index (χ3n) is 3.15. The molecule has 0 saturated carbocycles. The van der Waals surface area contributed by atoms with Crippen LogP contribution in [0.2, 0.25) is 0 Å². The predicted octanol–water partition coefficient (Wildman–Crippen LogP) is 1.83. The Morgan fingerprint density at radius 2 is 1.87 bits per heavy atom. The van der Waals surface area contributed by atoms with Crippen molar-refractivity contribution in [2.24, 2.45) is 0 Å². The van der Waals surface area contributed by atoms with E-state index in [2.05, 4.69) is 5.32 Å². The highest BCUT2D eigenvalue weighted by molar-refractivity contribution is 7.12. The highest BCUT2D eigenvalue weighted by atomic mass is 32.1. The number of likely N-dealkylation sites (N-methyl/N-ethyl adjacent to an activating group) is 1. The molecular weight excluding hydrogens is 316 g/mol. The molecule has 2 rings (SSSR count). The van der Waals surface area contributed by atoms with Gasteiger partial charge in [-0.15, -0.1) is 11.3 Å². The number of rotatable bonds is 6. The second-order valence-electron chi connectivity index (χ2n) is 4.92. The lowest BCUT2D eigenvalue weighted by molar-refractivity contribution is -0.121. The fourth-order valence-corrected chi connectivity index (χ4v) is 2.61. The first-order valence-electron chi connectivity index (χ1n) is 6.85. The highest BCUT2D eigenvalue weighted by Crippen LogP contribution is 2.10. The molecule has 0 aliphatic heterocycles. The Kier molecular flexibility index (Phi) is 5.48. The van der Waals surface area contributed by atoms with Crippen LogP contribution in [-0.2, 0) is 11.3 Å². The quantitative estimate of drug-likeness (QED) is 0.845. The lowest BCUT2D eigenvalue weighted by Gasteiger charge is -2.16. The van der Waals surface area contributed by atoms with Crippen molar-refractivity contribution in [3.8, 4) is 0 Å². The Hall–Kier alpha value is -2.67. The molecular formula is C16H16N2O4S. The zero-order valence-electron chi connectivity index (χ0n) is 12.5.